The topological polar surface area (TPSA) is 76.1 Å². The smallest absolute Gasteiger partial charge is 0.305 e. The minimum absolute atomic E-state index is 0.0387. The van der Waals surface area contributed by atoms with E-state index in [-0.39, 0.29) is 17.6 Å². The maximum Gasteiger partial charge on any atom is 0.305 e. The van der Waals surface area contributed by atoms with Gasteiger partial charge in [0.25, 0.3) is 0 Å². The predicted octanol–water partition coefficient (Wildman–Crippen LogP) is 4.62. The summed E-state index contributed by atoms with van der Waals surface area (Å²) in [6.45, 7) is 7.32. The number of ether oxygens (including phenoxy) is 2. The Hall–Kier alpha value is -3.58. The molecule has 0 unspecified atom stereocenters. The van der Waals surface area contributed by atoms with Gasteiger partial charge in [-0.1, -0.05) is 72.9 Å². The van der Waals surface area contributed by atoms with Crippen LogP contribution in [0.4, 0.5) is 0 Å². The van der Waals surface area contributed by atoms with Crippen molar-refractivity contribution in [1.29, 1.82) is 0 Å². The van der Waals surface area contributed by atoms with Crippen molar-refractivity contribution in [1.82, 2.24) is 4.90 Å². The zero-order chi connectivity index (χ0) is 26.8. The molecular formula is C30H37NO5Si. The number of esters is 1. The average Bonchev–Trinajstić information content (AvgIpc) is 2.90. The van der Waals surface area contributed by atoms with Crippen molar-refractivity contribution < 1.29 is 24.2 Å². The molecule has 0 aliphatic heterocycles. The van der Waals surface area contributed by atoms with Crippen LogP contribution < -0.4 is 9.92 Å². The number of aryl methyl sites for hydroxylation is 1. The van der Waals surface area contributed by atoms with Crippen LogP contribution in [-0.2, 0) is 33.7 Å². The molecule has 0 fully saturated rings. The standard InChI is InChI=1S/C30H37NO5Si/c1-23(32)31(20-19-24-9-14-27(33)15-10-24)21-25-11-16-28(17-12-25)37(3,4)22-36-29-8-6-5-7-26(29)13-18-30(34)35-2/h5-12,14-17,33H,13,18-22H2,1-4H3. The molecule has 0 saturated heterocycles. The molecule has 0 spiro atoms. The van der Waals surface area contributed by atoms with Gasteiger partial charge in [0.15, 0.2) is 0 Å². The van der Waals surface area contributed by atoms with E-state index in [1.165, 1.54) is 12.3 Å². The highest BCUT2D eigenvalue weighted by Gasteiger charge is 2.25. The third-order valence-electron chi connectivity index (χ3n) is 6.55. The Labute approximate surface area is 220 Å². The zero-order valence-corrected chi connectivity index (χ0v) is 23.2. The fraction of sp³-hybridized carbons (Fsp3) is 0.333. The summed E-state index contributed by atoms with van der Waals surface area (Å²) in [5, 5.41) is 10.7. The number of nitrogens with zero attached hydrogens (tertiary/aromatic N) is 1. The van der Waals surface area contributed by atoms with E-state index in [0.717, 1.165) is 28.9 Å². The monoisotopic (exact) mass is 519 g/mol. The molecule has 196 valence electrons. The first-order valence-corrected chi connectivity index (χ1v) is 15.8. The van der Waals surface area contributed by atoms with Crippen LogP contribution in [0, 0.1) is 0 Å². The number of para-hydroxylation sites is 1. The van der Waals surface area contributed by atoms with Crippen LogP contribution in [0.3, 0.4) is 0 Å². The normalized spacial score (nSPS) is 11.1. The highest BCUT2D eigenvalue weighted by molar-refractivity contribution is 6.89. The van der Waals surface area contributed by atoms with Gasteiger partial charge in [0.05, 0.1) is 13.3 Å². The van der Waals surface area contributed by atoms with Crippen molar-refractivity contribution in [2.24, 2.45) is 0 Å². The molecular weight excluding hydrogens is 482 g/mol. The molecule has 37 heavy (non-hydrogen) atoms. The number of methoxy groups -OCH3 is 1. The second-order valence-corrected chi connectivity index (χ2v) is 14.5. The summed E-state index contributed by atoms with van der Waals surface area (Å²) in [5.74, 6) is 0.867. The lowest BCUT2D eigenvalue weighted by Crippen LogP contribution is -2.47. The van der Waals surface area contributed by atoms with E-state index >= 15 is 0 Å². The van der Waals surface area contributed by atoms with Gasteiger partial charge >= 0.3 is 5.97 Å². The van der Waals surface area contributed by atoms with Crippen LogP contribution in [0.5, 0.6) is 11.5 Å². The average molecular weight is 520 g/mol. The van der Waals surface area contributed by atoms with Crippen molar-refractivity contribution in [3.05, 3.63) is 89.5 Å². The lowest BCUT2D eigenvalue weighted by atomic mass is 10.1. The van der Waals surface area contributed by atoms with E-state index in [1.54, 1.807) is 19.1 Å². The van der Waals surface area contributed by atoms with E-state index in [2.05, 4.69) is 37.4 Å². The molecule has 0 saturated carbocycles. The second-order valence-electron chi connectivity index (χ2n) is 9.91. The fourth-order valence-electron chi connectivity index (χ4n) is 4.09. The first kappa shape index (κ1) is 28.0. The highest BCUT2D eigenvalue weighted by Crippen LogP contribution is 2.21. The van der Waals surface area contributed by atoms with Gasteiger partial charge in [-0.2, -0.15) is 0 Å². The number of phenolic OH excluding ortho intramolecular Hbond substituents is 1. The molecule has 7 heteroatoms. The zero-order valence-electron chi connectivity index (χ0n) is 22.2. The van der Waals surface area contributed by atoms with Gasteiger partial charge in [0.2, 0.25) is 5.91 Å². The lowest BCUT2D eigenvalue weighted by Gasteiger charge is -2.25. The van der Waals surface area contributed by atoms with E-state index < -0.39 is 8.07 Å². The number of amides is 1. The first-order chi connectivity index (χ1) is 17.7. The van der Waals surface area contributed by atoms with E-state index in [0.29, 0.717) is 32.2 Å². The van der Waals surface area contributed by atoms with Crippen molar-refractivity contribution >= 4 is 25.1 Å². The number of phenols is 1. The molecule has 0 bridgehead atoms. The summed E-state index contributed by atoms with van der Waals surface area (Å²) >= 11 is 0. The van der Waals surface area contributed by atoms with Gasteiger partial charge in [-0.05, 0) is 47.7 Å². The van der Waals surface area contributed by atoms with E-state index in [4.69, 9.17) is 9.47 Å². The number of carbonyl (C=O) groups excluding carboxylic acids is 2. The largest absolute Gasteiger partial charge is 0.508 e. The molecule has 3 rings (SSSR count). The van der Waals surface area contributed by atoms with Crippen molar-refractivity contribution in [2.45, 2.75) is 45.8 Å². The molecule has 0 aromatic heterocycles. The Morgan fingerprint density at radius 2 is 1.54 bits per heavy atom. The van der Waals surface area contributed by atoms with Crippen LogP contribution in [0.1, 0.15) is 30.0 Å². The van der Waals surface area contributed by atoms with Gasteiger partial charge in [0.1, 0.15) is 19.6 Å². The number of aromatic hydroxyl groups is 1. The third kappa shape index (κ3) is 8.50. The van der Waals surface area contributed by atoms with Gasteiger partial charge in [0, 0.05) is 26.4 Å². The maximum atomic E-state index is 12.2. The summed E-state index contributed by atoms with van der Waals surface area (Å²) in [4.78, 5) is 25.7. The van der Waals surface area contributed by atoms with Gasteiger partial charge in [-0.15, -0.1) is 0 Å². The van der Waals surface area contributed by atoms with E-state index in [1.807, 2.05) is 41.3 Å². The van der Waals surface area contributed by atoms with Crippen LogP contribution in [0.15, 0.2) is 72.8 Å². The summed E-state index contributed by atoms with van der Waals surface area (Å²) in [6.07, 6.45) is 2.26. The minimum atomic E-state index is -1.90. The molecule has 0 heterocycles. The summed E-state index contributed by atoms with van der Waals surface area (Å²) in [5.41, 5.74) is 3.17. The Bertz CT molecular complexity index is 1180. The van der Waals surface area contributed by atoms with Gasteiger partial charge in [-0.25, -0.2) is 0 Å². The number of benzene rings is 3. The van der Waals surface area contributed by atoms with Gasteiger partial charge in [-0.3, -0.25) is 9.59 Å². The minimum Gasteiger partial charge on any atom is -0.508 e. The van der Waals surface area contributed by atoms with E-state index in [9.17, 15) is 14.7 Å². The molecule has 0 aliphatic rings. The quantitative estimate of drug-likeness (QED) is 0.279. The fourth-order valence-corrected chi connectivity index (χ4v) is 5.84. The second kappa shape index (κ2) is 13.1. The SMILES string of the molecule is COC(=O)CCc1ccccc1OC[Si](C)(C)c1ccc(CN(CCc2ccc(O)cc2)C(C)=O)cc1. The van der Waals surface area contributed by atoms with Crippen LogP contribution in [0.25, 0.3) is 0 Å². The molecule has 3 aromatic carbocycles. The molecule has 1 amide bonds. The Balaban J connectivity index is 1.60. The molecule has 0 radical (unpaired) electrons. The van der Waals surface area contributed by atoms with Crippen molar-refractivity contribution in [2.75, 3.05) is 19.9 Å². The predicted molar refractivity (Wildman–Crippen MR) is 149 cm³/mol. The number of hydrogen-bond acceptors (Lipinski definition) is 5. The summed E-state index contributed by atoms with van der Waals surface area (Å²) in [6, 6.07) is 23.5. The lowest BCUT2D eigenvalue weighted by molar-refractivity contribution is -0.140. The highest BCUT2D eigenvalue weighted by atomic mass is 28.3. The van der Waals surface area contributed by atoms with Gasteiger partial charge < -0.3 is 19.5 Å². The third-order valence-corrected chi connectivity index (χ3v) is 9.31. The number of carbonyl (C=O) groups is 2. The van der Waals surface area contributed by atoms with Crippen LogP contribution in [0.2, 0.25) is 13.1 Å². The Kier molecular flexibility index (Phi) is 9.91. The van der Waals surface area contributed by atoms with Crippen molar-refractivity contribution in [3.8, 4) is 11.5 Å². The number of hydrogen-bond donors (Lipinski definition) is 1. The molecule has 0 atom stereocenters. The molecule has 1 N–H and O–H groups in total. The maximum absolute atomic E-state index is 12.2. The van der Waals surface area contributed by atoms with Crippen LogP contribution >= 0.6 is 0 Å². The molecule has 3 aromatic rings. The molecule has 6 nitrogen and oxygen atoms in total. The van der Waals surface area contributed by atoms with Crippen molar-refractivity contribution in [3.63, 3.8) is 0 Å². The Morgan fingerprint density at radius 1 is 0.892 bits per heavy atom. The number of rotatable bonds is 12. The summed E-state index contributed by atoms with van der Waals surface area (Å²) < 4.78 is 11.0. The molecule has 0 aliphatic carbocycles. The first-order valence-electron chi connectivity index (χ1n) is 12.6. The van der Waals surface area contributed by atoms with Crippen LogP contribution in [-0.4, -0.2) is 49.8 Å². The summed E-state index contributed by atoms with van der Waals surface area (Å²) in [7, 11) is -0.498. The Morgan fingerprint density at radius 3 is 2.19 bits per heavy atom.